The monoisotopic (exact) mass is 320 g/mol. The van der Waals surface area contributed by atoms with Crippen LogP contribution in [-0.2, 0) is 9.53 Å². The first kappa shape index (κ1) is 17.3. The lowest BCUT2D eigenvalue weighted by molar-refractivity contribution is -0.142. The molecular formula is C18H24O5. The number of hydrogen-bond donors (Lipinski definition) is 0. The molecule has 2 rings (SSSR count). The Kier molecular flexibility index (Phi) is 6.44. The van der Waals surface area contributed by atoms with Gasteiger partial charge in [-0.05, 0) is 24.5 Å². The molecule has 0 aliphatic heterocycles. The molecule has 1 aromatic rings. The molecule has 0 amide bonds. The fourth-order valence-electron chi connectivity index (χ4n) is 2.95. The predicted molar refractivity (Wildman–Crippen MR) is 86.0 cm³/mol. The summed E-state index contributed by atoms with van der Waals surface area (Å²) in [5.74, 6) is 1.07. The summed E-state index contributed by atoms with van der Waals surface area (Å²) in [5, 5.41) is 0. The normalized spacial score (nSPS) is 14.5. The molecule has 23 heavy (non-hydrogen) atoms. The Morgan fingerprint density at radius 3 is 2.52 bits per heavy atom. The zero-order valence-corrected chi connectivity index (χ0v) is 13.8. The summed E-state index contributed by atoms with van der Waals surface area (Å²) >= 11 is 0. The molecule has 1 saturated carbocycles. The minimum atomic E-state index is -0.308. The zero-order chi connectivity index (χ0) is 16.7. The second-order valence-corrected chi connectivity index (χ2v) is 5.84. The molecule has 0 aromatic heterocycles. The Labute approximate surface area is 136 Å². The van der Waals surface area contributed by atoms with Crippen molar-refractivity contribution in [2.24, 2.45) is 5.92 Å². The molecule has 1 aromatic carbocycles. The van der Waals surface area contributed by atoms with Crippen LogP contribution in [0, 0.1) is 5.92 Å². The lowest BCUT2D eigenvalue weighted by Crippen LogP contribution is -2.15. The van der Waals surface area contributed by atoms with Gasteiger partial charge >= 0.3 is 5.97 Å². The van der Waals surface area contributed by atoms with E-state index in [1.807, 2.05) is 0 Å². The number of rotatable bonds is 8. The third kappa shape index (κ3) is 4.98. The van der Waals surface area contributed by atoms with Gasteiger partial charge in [0.1, 0.15) is 11.5 Å². The van der Waals surface area contributed by atoms with E-state index in [1.165, 1.54) is 32.8 Å². The number of benzene rings is 1. The molecule has 1 aliphatic carbocycles. The Balaban J connectivity index is 1.82. The Hall–Kier alpha value is -2.04. The third-order valence-corrected chi connectivity index (χ3v) is 4.30. The molecule has 0 N–H and O–H groups in total. The highest BCUT2D eigenvalue weighted by molar-refractivity contribution is 6.00. The van der Waals surface area contributed by atoms with Crippen molar-refractivity contribution in [2.45, 2.75) is 38.5 Å². The molecule has 0 bridgehead atoms. The summed E-state index contributed by atoms with van der Waals surface area (Å²) in [5.41, 5.74) is 0.386. The standard InChI is InChI=1S/C18H24O5/c1-21-14-8-9-15(17(11-14)22-2)16(19)12-23-18(20)10-7-13-5-3-4-6-13/h8-9,11,13H,3-7,10,12H2,1-2H3. The van der Waals surface area contributed by atoms with Gasteiger partial charge in [-0.15, -0.1) is 0 Å². The average molecular weight is 320 g/mol. The summed E-state index contributed by atoms with van der Waals surface area (Å²) < 4.78 is 15.4. The van der Waals surface area contributed by atoms with Crippen molar-refractivity contribution in [3.63, 3.8) is 0 Å². The molecule has 0 atom stereocenters. The van der Waals surface area contributed by atoms with Gasteiger partial charge in [-0.2, -0.15) is 0 Å². The largest absolute Gasteiger partial charge is 0.497 e. The van der Waals surface area contributed by atoms with Gasteiger partial charge in [-0.25, -0.2) is 0 Å². The highest BCUT2D eigenvalue weighted by Gasteiger charge is 2.18. The highest BCUT2D eigenvalue weighted by atomic mass is 16.5. The average Bonchev–Trinajstić information content (AvgIpc) is 3.10. The smallest absolute Gasteiger partial charge is 0.306 e. The maximum absolute atomic E-state index is 12.2. The fraction of sp³-hybridized carbons (Fsp3) is 0.556. The summed E-state index contributed by atoms with van der Waals surface area (Å²) in [4.78, 5) is 24.0. The molecule has 0 heterocycles. The van der Waals surface area contributed by atoms with Gasteiger partial charge in [0, 0.05) is 12.5 Å². The van der Waals surface area contributed by atoms with Gasteiger partial charge in [0.05, 0.1) is 19.8 Å². The van der Waals surface area contributed by atoms with Crippen LogP contribution in [0.1, 0.15) is 48.9 Å². The van der Waals surface area contributed by atoms with E-state index in [0.29, 0.717) is 29.4 Å². The molecule has 0 saturated heterocycles. The second kappa shape index (κ2) is 8.56. The van der Waals surface area contributed by atoms with E-state index in [9.17, 15) is 9.59 Å². The molecule has 1 aliphatic rings. The molecule has 5 heteroatoms. The molecule has 0 radical (unpaired) electrons. The number of carbonyl (C=O) groups excluding carboxylic acids is 2. The van der Waals surface area contributed by atoms with E-state index >= 15 is 0 Å². The van der Waals surface area contributed by atoms with Crippen LogP contribution in [0.5, 0.6) is 11.5 Å². The number of hydrogen-bond acceptors (Lipinski definition) is 5. The quantitative estimate of drug-likeness (QED) is 0.542. The van der Waals surface area contributed by atoms with Gasteiger partial charge in [0.25, 0.3) is 0 Å². The predicted octanol–water partition coefficient (Wildman–Crippen LogP) is 3.40. The van der Waals surface area contributed by atoms with Gasteiger partial charge < -0.3 is 14.2 Å². The summed E-state index contributed by atoms with van der Waals surface area (Å²) in [7, 11) is 3.03. The first-order chi connectivity index (χ1) is 11.1. The Morgan fingerprint density at radius 2 is 1.87 bits per heavy atom. The number of ketones is 1. The van der Waals surface area contributed by atoms with Crippen molar-refractivity contribution in [1.29, 1.82) is 0 Å². The zero-order valence-electron chi connectivity index (χ0n) is 13.8. The van der Waals surface area contributed by atoms with Crippen LogP contribution >= 0.6 is 0 Å². The maximum Gasteiger partial charge on any atom is 0.306 e. The van der Waals surface area contributed by atoms with Crippen LogP contribution in [0.25, 0.3) is 0 Å². The number of Topliss-reactive ketones (excluding diaryl/α,β-unsaturated/α-hetero) is 1. The van der Waals surface area contributed by atoms with E-state index in [1.54, 1.807) is 25.3 Å². The number of methoxy groups -OCH3 is 2. The van der Waals surface area contributed by atoms with Crippen LogP contribution in [0.2, 0.25) is 0 Å². The van der Waals surface area contributed by atoms with Crippen molar-refractivity contribution >= 4 is 11.8 Å². The van der Waals surface area contributed by atoms with Gasteiger partial charge in [0.2, 0.25) is 5.78 Å². The Morgan fingerprint density at radius 1 is 1.13 bits per heavy atom. The van der Waals surface area contributed by atoms with E-state index < -0.39 is 0 Å². The molecule has 5 nitrogen and oxygen atoms in total. The summed E-state index contributed by atoms with van der Waals surface area (Å²) in [6.07, 6.45) is 6.17. The van der Waals surface area contributed by atoms with E-state index in [-0.39, 0.29) is 18.4 Å². The van der Waals surface area contributed by atoms with Crippen molar-refractivity contribution in [2.75, 3.05) is 20.8 Å². The highest BCUT2D eigenvalue weighted by Crippen LogP contribution is 2.28. The lowest BCUT2D eigenvalue weighted by atomic mass is 10.0. The van der Waals surface area contributed by atoms with E-state index in [2.05, 4.69) is 0 Å². The van der Waals surface area contributed by atoms with Gasteiger partial charge in [-0.1, -0.05) is 25.7 Å². The van der Waals surface area contributed by atoms with Crippen LogP contribution in [0.4, 0.5) is 0 Å². The number of esters is 1. The van der Waals surface area contributed by atoms with E-state index in [4.69, 9.17) is 14.2 Å². The maximum atomic E-state index is 12.2. The van der Waals surface area contributed by atoms with Crippen molar-refractivity contribution in [3.8, 4) is 11.5 Å². The second-order valence-electron chi connectivity index (χ2n) is 5.84. The molecular weight excluding hydrogens is 296 g/mol. The van der Waals surface area contributed by atoms with E-state index in [0.717, 1.165) is 6.42 Å². The SMILES string of the molecule is COc1ccc(C(=O)COC(=O)CCC2CCCC2)c(OC)c1. The van der Waals surface area contributed by atoms with Crippen molar-refractivity contribution < 1.29 is 23.8 Å². The fourth-order valence-corrected chi connectivity index (χ4v) is 2.95. The topological polar surface area (TPSA) is 61.8 Å². The van der Waals surface area contributed by atoms with Crippen LogP contribution < -0.4 is 9.47 Å². The minimum Gasteiger partial charge on any atom is -0.497 e. The van der Waals surface area contributed by atoms with Gasteiger partial charge in [-0.3, -0.25) is 9.59 Å². The Bertz CT molecular complexity index is 546. The molecule has 126 valence electrons. The number of ether oxygens (including phenoxy) is 3. The third-order valence-electron chi connectivity index (χ3n) is 4.30. The van der Waals surface area contributed by atoms with Gasteiger partial charge in [0.15, 0.2) is 6.61 Å². The summed E-state index contributed by atoms with van der Waals surface area (Å²) in [6, 6.07) is 4.93. The van der Waals surface area contributed by atoms with Crippen molar-refractivity contribution in [1.82, 2.24) is 0 Å². The first-order valence-electron chi connectivity index (χ1n) is 8.05. The molecule has 1 fully saturated rings. The van der Waals surface area contributed by atoms with Crippen LogP contribution in [-0.4, -0.2) is 32.6 Å². The summed E-state index contributed by atoms with van der Waals surface area (Å²) in [6.45, 7) is -0.258. The number of carbonyl (C=O) groups is 2. The first-order valence-corrected chi connectivity index (χ1v) is 8.05. The van der Waals surface area contributed by atoms with Crippen LogP contribution in [0.3, 0.4) is 0 Å². The van der Waals surface area contributed by atoms with Crippen LogP contribution in [0.15, 0.2) is 18.2 Å². The molecule has 0 spiro atoms. The molecule has 0 unspecified atom stereocenters. The minimum absolute atomic E-state index is 0.258. The van der Waals surface area contributed by atoms with Crippen molar-refractivity contribution in [3.05, 3.63) is 23.8 Å². The lowest BCUT2D eigenvalue weighted by Gasteiger charge is -2.11.